The van der Waals surface area contributed by atoms with Crippen molar-refractivity contribution in [3.05, 3.63) is 0 Å². The molecule has 0 aromatic rings. The second-order valence-electron chi connectivity index (χ2n) is 3.37. The summed E-state index contributed by atoms with van der Waals surface area (Å²) in [4.78, 5) is 0. The summed E-state index contributed by atoms with van der Waals surface area (Å²) in [5.41, 5.74) is 0. The Morgan fingerprint density at radius 1 is 1.45 bits per heavy atom. The van der Waals surface area contributed by atoms with Gasteiger partial charge in [0.15, 0.2) is 0 Å². The third kappa shape index (κ3) is 2.79. The van der Waals surface area contributed by atoms with Gasteiger partial charge in [-0.1, -0.05) is 6.42 Å². The topological polar surface area (TPSA) is 46.2 Å². The molecule has 1 rings (SSSR count). The molecular formula is C7H15NO2S. The van der Waals surface area contributed by atoms with Crippen LogP contribution in [0.4, 0.5) is 0 Å². The quantitative estimate of drug-likeness (QED) is 0.690. The van der Waals surface area contributed by atoms with Gasteiger partial charge in [-0.05, 0) is 25.7 Å². The Bertz CT molecular complexity index is 219. The van der Waals surface area contributed by atoms with Crippen LogP contribution in [-0.2, 0) is 10.0 Å². The molecule has 1 unspecified atom stereocenters. The van der Waals surface area contributed by atoms with Gasteiger partial charge in [0.05, 0.1) is 6.26 Å². The maximum atomic E-state index is 10.8. The first-order chi connectivity index (χ1) is 4.99. The highest BCUT2D eigenvalue weighted by Crippen LogP contribution is 2.29. The molecule has 1 saturated carbocycles. The summed E-state index contributed by atoms with van der Waals surface area (Å²) in [6, 6.07) is 0.124. The van der Waals surface area contributed by atoms with E-state index in [1.807, 2.05) is 6.92 Å². The smallest absolute Gasteiger partial charge is 0.208 e. The van der Waals surface area contributed by atoms with Gasteiger partial charge >= 0.3 is 0 Å². The summed E-state index contributed by atoms with van der Waals surface area (Å²) >= 11 is 0. The molecule has 0 heterocycles. The maximum absolute atomic E-state index is 10.8. The Morgan fingerprint density at radius 3 is 2.27 bits per heavy atom. The molecule has 0 radical (unpaired) electrons. The van der Waals surface area contributed by atoms with E-state index >= 15 is 0 Å². The number of nitrogens with one attached hydrogen (secondary N) is 1. The van der Waals surface area contributed by atoms with Crippen LogP contribution < -0.4 is 4.72 Å². The number of hydrogen-bond donors (Lipinski definition) is 1. The van der Waals surface area contributed by atoms with Crippen molar-refractivity contribution in [2.75, 3.05) is 6.26 Å². The Kier molecular flexibility index (Phi) is 2.54. The predicted molar refractivity (Wildman–Crippen MR) is 44.8 cm³/mol. The predicted octanol–water partition coefficient (Wildman–Crippen LogP) is 0.724. The largest absolute Gasteiger partial charge is 0.213 e. The van der Waals surface area contributed by atoms with E-state index in [2.05, 4.69) is 4.72 Å². The first kappa shape index (κ1) is 9.00. The van der Waals surface area contributed by atoms with Gasteiger partial charge in [0.1, 0.15) is 0 Å². The van der Waals surface area contributed by atoms with Crippen molar-refractivity contribution < 1.29 is 8.42 Å². The van der Waals surface area contributed by atoms with Crippen molar-refractivity contribution in [1.82, 2.24) is 4.72 Å². The van der Waals surface area contributed by atoms with Gasteiger partial charge in [0.25, 0.3) is 0 Å². The zero-order chi connectivity index (χ0) is 8.48. The zero-order valence-electron chi connectivity index (χ0n) is 7.00. The third-order valence-corrected chi connectivity index (χ3v) is 3.06. The van der Waals surface area contributed by atoms with Crippen LogP contribution in [0.5, 0.6) is 0 Å². The number of sulfonamides is 1. The van der Waals surface area contributed by atoms with Crippen LogP contribution in [-0.4, -0.2) is 20.7 Å². The van der Waals surface area contributed by atoms with Crippen LogP contribution in [0, 0.1) is 5.92 Å². The van der Waals surface area contributed by atoms with Gasteiger partial charge < -0.3 is 0 Å². The molecule has 0 aromatic heterocycles. The second-order valence-corrected chi connectivity index (χ2v) is 5.15. The lowest BCUT2D eigenvalue weighted by Gasteiger charge is -2.31. The summed E-state index contributed by atoms with van der Waals surface area (Å²) in [5, 5.41) is 0. The molecule has 0 saturated heterocycles. The Balaban J connectivity index is 2.36. The van der Waals surface area contributed by atoms with E-state index in [9.17, 15) is 8.42 Å². The molecule has 3 nitrogen and oxygen atoms in total. The van der Waals surface area contributed by atoms with Crippen LogP contribution >= 0.6 is 0 Å². The van der Waals surface area contributed by atoms with E-state index in [4.69, 9.17) is 0 Å². The lowest BCUT2D eigenvalue weighted by atomic mass is 9.81. The van der Waals surface area contributed by atoms with Gasteiger partial charge in [-0.3, -0.25) is 0 Å². The van der Waals surface area contributed by atoms with Gasteiger partial charge in [-0.15, -0.1) is 0 Å². The van der Waals surface area contributed by atoms with Crippen LogP contribution in [0.3, 0.4) is 0 Å². The van der Waals surface area contributed by atoms with Gasteiger partial charge in [0, 0.05) is 6.04 Å². The molecule has 4 heteroatoms. The highest BCUT2D eigenvalue weighted by molar-refractivity contribution is 7.88. The van der Waals surface area contributed by atoms with Gasteiger partial charge in [-0.2, -0.15) is 0 Å². The van der Waals surface area contributed by atoms with Crippen molar-refractivity contribution in [3.63, 3.8) is 0 Å². The molecule has 0 amide bonds. The van der Waals surface area contributed by atoms with Crippen molar-refractivity contribution in [2.45, 2.75) is 32.2 Å². The van der Waals surface area contributed by atoms with Crippen LogP contribution in [0.1, 0.15) is 26.2 Å². The van der Waals surface area contributed by atoms with E-state index in [1.54, 1.807) is 0 Å². The van der Waals surface area contributed by atoms with Crippen LogP contribution in [0.25, 0.3) is 0 Å². The SMILES string of the molecule is CC(NS(C)(=O)=O)C1CCC1. The summed E-state index contributed by atoms with van der Waals surface area (Å²) in [6.07, 6.45) is 4.80. The maximum Gasteiger partial charge on any atom is 0.208 e. The molecule has 0 bridgehead atoms. The van der Waals surface area contributed by atoms with Crippen molar-refractivity contribution in [1.29, 1.82) is 0 Å². The lowest BCUT2D eigenvalue weighted by molar-refractivity contribution is 0.261. The Hall–Kier alpha value is -0.0900. The highest BCUT2D eigenvalue weighted by Gasteiger charge is 2.25. The van der Waals surface area contributed by atoms with Crippen molar-refractivity contribution in [2.24, 2.45) is 5.92 Å². The molecule has 1 N–H and O–H groups in total. The molecule has 1 atom stereocenters. The third-order valence-electron chi connectivity index (χ3n) is 2.26. The minimum absolute atomic E-state index is 0.124. The molecule has 0 aliphatic heterocycles. The van der Waals surface area contributed by atoms with E-state index < -0.39 is 10.0 Å². The molecule has 66 valence electrons. The fraction of sp³-hybridized carbons (Fsp3) is 1.00. The van der Waals surface area contributed by atoms with Crippen LogP contribution in [0.15, 0.2) is 0 Å². The highest BCUT2D eigenvalue weighted by atomic mass is 32.2. The van der Waals surface area contributed by atoms with Crippen LogP contribution in [0.2, 0.25) is 0 Å². The Labute approximate surface area is 68.2 Å². The standard InChI is InChI=1S/C7H15NO2S/c1-6(7-4-3-5-7)8-11(2,9)10/h6-8H,3-5H2,1-2H3. The summed E-state index contributed by atoms with van der Waals surface area (Å²) in [7, 11) is -2.99. The molecular weight excluding hydrogens is 162 g/mol. The molecule has 1 aliphatic rings. The first-order valence-electron chi connectivity index (χ1n) is 3.96. The molecule has 0 spiro atoms. The first-order valence-corrected chi connectivity index (χ1v) is 5.85. The number of hydrogen-bond acceptors (Lipinski definition) is 2. The molecule has 11 heavy (non-hydrogen) atoms. The van der Waals surface area contributed by atoms with Gasteiger partial charge in [-0.25, -0.2) is 13.1 Å². The average molecular weight is 177 g/mol. The average Bonchev–Trinajstić information content (AvgIpc) is 1.50. The molecule has 1 fully saturated rings. The minimum Gasteiger partial charge on any atom is -0.213 e. The van der Waals surface area contributed by atoms with Crippen molar-refractivity contribution in [3.8, 4) is 0 Å². The lowest BCUT2D eigenvalue weighted by Crippen LogP contribution is -2.40. The molecule has 1 aliphatic carbocycles. The second kappa shape index (κ2) is 3.11. The normalized spacial score (nSPS) is 22.7. The summed E-state index contributed by atoms with van der Waals surface area (Å²) in [5.74, 6) is 0.574. The molecule has 0 aromatic carbocycles. The Morgan fingerprint density at radius 2 is 2.00 bits per heavy atom. The van der Waals surface area contributed by atoms with E-state index in [0.29, 0.717) is 5.92 Å². The summed E-state index contributed by atoms with van der Waals surface area (Å²) in [6.45, 7) is 1.94. The van der Waals surface area contributed by atoms with Crippen molar-refractivity contribution >= 4 is 10.0 Å². The monoisotopic (exact) mass is 177 g/mol. The van der Waals surface area contributed by atoms with Gasteiger partial charge in [0.2, 0.25) is 10.0 Å². The van der Waals surface area contributed by atoms with E-state index in [0.717, 1.165) is 0 Å². The van der Waals surface area contributed by atoms with E-state index in [1.165, 1.54) is 25.5 Å². The fourth-order valence-corrected chi connectivity index (χ4v) is 2.24. The summed E-state index contributed by atoms with van der Waals surface area (Å²) < 4.78 is 24.1. The fourth-order valence-electron chi connectivity index (χ4n) is 1.37. The minimum atomic E-state index is -2.99. The zero-order valence-corrected chi connectivity index (χ0v) is 7.82. The van der Waals surface area contributed by atoms with E-state index in [-0.39, 0.29) is 6.04 Å². The number of rotatable bonds is 3.